The van der Waals surface area contributed by atoms with Crippen molar-refractivity contribution >= 4 is 11.9 Å². The van der Waals surface area contributed by atoms with Crippen LogP contribution in [0.2, 0.25) is 0 Å². The summed E-state index contributed by atoms with van der Waals surface area (Å²) in [6.45, 7) is 7.52. The van der Waals surface area contributed by atoms with Gasteiger partial charge in [-0.25, -0.2) is 4.79 Å². The fourth-order valence-corrected chi connectivity index (χ4v) is 1.79. The summed E-state index contributed by atoms with van der Waals surface area (Å²) < 4.78 is 5.31. The van der Waals surface area contributed by atoms with Gasteiger partial charge in [-0.05, 0) is 20.8 Å². The maximum absolute atomic E-state index is 12.1. The van der Waals surface area contributed by atoms with Crippen LogP contribution in [0.1, 0.15) is 20.8 Å². The second-order valence-corrected chi connectivity index (χ2v) is 4.74. The van der Waals surface area contributed by atoms with E-state index in [9.17, 15) is 9.59 Å². The van der Waals surface area contributed by atoms with Crippen LogP contribution in [0.4, 0.5) is 4.79 Å². The first kappa shape index (κ1) is 14.8. The van der Waals surface area contributed by atoms with E-state index in [0.717, 1.165) is 0 Å². The van der Waals surface area contributed by atoms with E-state index >= 15 is 0 Å². The van der Waals surface area contributed by atoms with Gasteiger partial charge in [-0.15, -0.1) is 0 Å². The van der Waals surface area contributed by atoms with Crippen molar-refractivity contribution in [3.8, 4) is 0 Å². The van der Waals surface area contributed by atoms with Crippen LogP contribution in [-0.2, 0) is 9.53 Å². The van der Waals surface area contributed by atoms with Crippen molar-refractivity contribution in [3.05, 3.63) is 0 Å². The third kappa shape index (κ3) is 3.60. The van der Waals surface area contributed by atoms with Crippen LogP contribution in [0.25, 0.3) is 0 Å². The number of morpholine rings is 1. The van der Waals surface area contributed by atoms with Gasteiger partial charge in [-0.3, -0.25) is 4.79 Å². The largest absolute Gasteiger partial charge is 0.377 e. The van der Waals surface area contributed by atoms with Gasteiger partial charge >= 0.3 is 6.03 Å². The average molecular weight is 257 g/mol. The predicted octanol–water partition coefficient (Wildman–Crippen LogP) is 0.284. The molecule has 0 aromatic heterocycles. The Bertz CT molecular complexity index is 307. The molecule has 104 valence electrons. The lowest BCUT2D eigenvalue weighted by Gasteiger charge is -2.37. The summed E-state index contributed by atoms with van der Waals surface area (Å²) in [6.07, 6.45) is 0. The quantitative estimate of drug-likeness (QED) is 0.790. The van der Waals surface area contributed by atoms with E-state index in [1.54, 1.807) is 16.8 Å². The molecule has 1 aliphatic heterocycles. The summed E-state index contributed by atoms with van der Waals surface area (Å²) in [4.78, 5) is 27.4. The first-order valence-corrected chi connectivity index (χ1v) is 6.37. The Kier molecular flexibility index (Phi) is 5.40. The second-order valence-electron chi connectivity index (χ2n) is 4.74. The molecule has 0 aliphatic carbocycles. The molecule has 0 radical (unpaired) electrons. The standard InChI is InChI=1S/C12H23N3O3/c1-5-14(4)12(17)15-6-7-18-8-10(15)11(16)13-9(2)3/h9-10H,5-8H2,1-4H3,(H,13,16). The van der Waals surface area contributed by atoms with Crippen LogP contribution in [-0.4, -0.2) is 67.2 Å². The fraction of sp³-hybridized carbons (Fsp3) is 0.833. The van der Waals surface area contributed by atoms with E-state index in [-0.39, 0.29) is 24.6 Å². The van der Waals surface area contributed by atoms with E-state index < -0.39 is 6.04 Å². The molecule has 1 N–H and O–H groups in total. The molecular formula is C12H23N3O3. The van der Waals surface area contributed by atoms with Crippen molar-refractivity contribution in [2.24, 2.45) is 0 Å². The Hall–Kier alpha value is -1.30. The molecule has 0 aromatic rings. The number of carbonyl (C=O) groups excluding carboxylic acids is 2. The van der Waals surface area contributed by atoms with Crippen LogP contribution in [0, 0.1) is 0 Å². The first-order valence-electron chi connectivity index (χ1n) is 6.37. The summed E-state index contributed by atoms with van der Waals surface area (Å²) in [5.74, 6) is -0.150. The molecule has 1 fully saturated rings. The van der Waals surface area contributed by atoms with E-state index in [0.29, 0.717) is 19.7 Å². The zero-order chi connectivity index (χ0) is 13.7. The Labute approximate surface area is 108 Å². The lowest BCUT2D eigenvalue weighted by molar-refractivity contribution is -0.131. The van der Waals surface area contributed by atoms with Crippen LogP contribution >= 0.6 is 0 Å². The molecule has 1 saturated heterocycles. The van der Waals surface area contributed by atoms with E-state index in [2.05, 4.69) is 5.32 Å². The molecular weight excluding hydrogens is 234 g/mol. The molecule has 1 atom stereocenters. The normalized spacial score (nSPS) is 19.8. The Morgan fingerprint density at radius 2 is 2.17 bits per heavy atom. The van der Waals surface area contributed by atoms with Gasteiger partial charge in [0, 0.05) is 26.2 Å². The highest BCUT2D eigenvalue weighted by Crippen LogP contribution is 2.10. The highest BCUT2D eigenvalue weighted by Gasteiger charge is 2.34. The number of nitrogens with one attached hydrogen (secondary N) is 1. The van der Waals surface area contributed by atoms with Gasteiger partial charge in [0.25, 0.3) is 0 Å². The predicted molar refractivity (Wildman–Crippen MR) is 68.3 cm³/mol. The van der Waals surface area contributed by atoms with Crippen LogP contribution in [0.15, 0.2) is 0 Å². The molecule has 6 nitrogen and oxygen atoms in total. The molecule has 0 bridgehead atoms. The minimum Gasteiger partial charge on any atom is -0.377 e. The number of amides is 3. The average Bonchev–Trinajstić information content (AvgIpc) is 2.36. The Morgan fingerprint density at radius 3 is 2.72 bits per heavy atom. The van der Waals surface area contributed by atoms with Crippen LogP contribution in [0.5, 0.6) is 0 Å². The highest BCUT2D eigenvalue weighted by molar-refractivity contribution is 5.87. The molecule has 1 unspecified atom stereocenters. The molecule has 3 amide bonds. The molecule has 0 aromatic carbocycles. The van der Waals surface area contributed by atoms with Gasteiger partial charge in [-0.2, -0.15) is 0 Å². The number of nitrogens with zero attached hydrogens (tertiary/aromatic N) is 2. The third-order valence-corrected chi connectivity index (χ3v) is 2.91. The molecule has 1 aliphatic rings. The zero-order valence-corrected chi connectivity index (χ0v) is 11.6. The molecule has 1 heterocycles. The van der Waals surface area contributed by atoms with Crippen LogP contribution < -0.4 is 5.32 Å². The van der Waals surface area contributed by atoms with Crippen molar-refractivity contribution in [3.63, 3.8) is 0 Å². The number of hydrogen-bond acceptors (Lipinski definition) is 3. The minimum absolute atomic E-state index is 0.0558. The van der Waals surface area contributed by atoms with E-state index in [1.165, 1.54) is 0 Å². The van der Waals surface area contributed by atoms with Gasteiger partial charge in [0.2, 0.25) is 5.91 Å². The van der Waals surface area contributed by atoms with Gasteiger partial charge < -0.3 is 19.9 Å². The fourth-order valence-electron chi connectivity index (χ4n) is 1.79. The van der Waals surface area contributed by atoms with E-state index in [4.69, 9.17) is 4.74 Å². The van der Waals surface area contributed by atoms with Gasteiger partial charge in [-0.1, -0.05) is 0 Å². The number of urea groups is 1. The van der Waals surface area contributed by atoms with E-state index in [1.807, 2.05) is 20.8 Å². The monoisotopic (exact) mass is 257 g/mol. The summed E-state index contributed by atoms with van der Waals surface area (Å²) in [5, 5.41) is 2.82. The second kappa shape index (κ2) is 6.58. The molecule has 0 spiro atoms. The van der Waals surface area contributed by atoms with Crippen molar-refractivity contribution < 1.29 is 14.3 Å². The van der Waals surface area contributed by atoms with Crippen molar-refractivity contribution in [1.82, 2.24) is 15.1 Å². The Balaban J connectivity index is 2.73. The SMILES string of the molecule is CCN(C)C(=O)N1CCOCC1C(=O)NC(C)C. The van der Waals surface area contributed by atoms with Crippen molar-refractivity contribution in [2.45, 2.75) is 32.9 Å². The summed E-state index contributed by atoms with van der Waals surface area (Å²) in [5.41, 5.74) is 0. The minimum atomic E-state index is -0.525. The van der Waals surface area contributed by atoms with Crippen molar-refractivity contribution in [2.75, 3.05) is 33.4 Å². The molecule has 1 rings (SSSR count). The summed E-state index contributed by atoms with van der Waals surface area (Å²) in [6, 6.07) is -0.590. The third-order valence-electron chi connectivity index (χ3n) is 2.91. The maximum atomic E-state index is 12.1. The number of ether oxygens (including phenoxy) is 1. The number of hydrogen-bond donors (Lipinski definition) is 1. The summed E-state index contributed by atoms with van der Waals surface area (Å²) >= 11 is 0. The van der Waals surface area contributed by atoms with Crippen LogP contribution in [0.3, 0.4) is 0 Å². The van der Waals surface area contributed by atoms with Crippen molar-refractivity contribution in [1.29, 1.82) is 0 Å². The molecule has 18 heavy (non-hydrogen) atoms. The lowest BCUT2D eigenvalue weighted by Crippen LogP contribution is -2.59. The smallest absolute Gasteiger partial charge is 0.320 e. The number of rotatable bonds is 3. The Morgan fingerprint density at radius 1 is 1.50 bits per heavy atom. The maximum Gasteiger partial charge on any atom is 0.320 e. The first-order chi connectivity index (χ1) is 8.47. The van der Waals surface area contributed by atoms with Gasteiger partial charge in [0.1, 0.15) is 6.04 Å². The number of carbonyl (C=O) groups is 2. The van der Waals surface area contributed by atoms with Gasteiger partial charge in [0.05, 0.1) is 13.2 Å². The van der Waals surface area contributed by atoms with Gasteiger partial charge in [0.15, 0.2) is 0 Å². The topological polar surface area (TPSA) is 61.9 Å². The highest BCUT2D eigenvalue weighted by atomic mass is 16.5. The molecule has 0 saturated carbocycles. The lowest BCUT2D eigenvalue weighted by atomic mass is 10.2. The summed E-state index contributed by atoms with van der Waals surface area (Å²) in [7, 11) is 1.73. The molecule has 6 heteroatoms. The zero-order valence-electron chi connectivity index (χ0n) is 11.6.